The molecule has 31 heavy (non-hydrogen) atoms. The number of fused-ring (bicyclic) bond motifs is 1. The van der Waals surface area contributed by atoms with E-state index in [4.69, 9.17) is 0 Å². The van der Waals surface area contributed by atoms with Crippen molar-refractivity contribution in [2.75, 3.05) is 56.2 Å². The molecule has 1 aliphatic rings. The molecule has 1 aliphatic heterocycles. The van der Waals surface area contributed by atoms with E-state index in [1.165, 1.54) is 15.6 Å². The van der Waals surface area contributed by atoms with Gasteiger partial charge in [-0.05, 0) is 30.9 Å². The average Bonchev–Trinajstić information content (AvgIpc) is 3.22. The molecule has 12 heteroatoms. The topological polar surface area (TPSA) is 112 Å². The number of hydrogen-bond donors (Lipinski definition) is 3. The summed E-state index contributed by atoms with van der Waals surface area (Å²) in [5.74, 6) is 0.621. The number of thiazole rings is 1. The minimum Gasteiger partial charge on any atom is -0.361 e. The third kappa shape index (κ3) is 5.44. The highest BCUT2D eigenvalue weighted by atomic mass is 32.2. The number of piperazine rings is 1. The molecule has 166 valence electrons. The van der Waals surface area contributed by atoms with E-state index in [-0.39, 0.29) is 0 Å². The summed E-state index contributed by atoms with van der Waals surface area (Å²) in [6.45, 7) is 3.83. The molecule has 0 saturated carbocycles. The van der Waals surface area contributed by atoms with E-state index in [1.807, 2.05) is 6.26 Å². The van der Waals surface area contributed by atoms with Gasteiger partial charge in [-0.2, -0.15) is 4.31 Å². The van der Waals surface area contributed by atoms with E-state index >= 15 is 0 Å². The van der Waals surface area contributed by atoms with Crippen LogP contribution in [0.5, 0.6) is 0 Å². The van der Waals surface area contributed by atoms with E-state index in [9.17, 15) is 8.42 Å². The second-order valence-electron chi connectivity index (χ2n) is 6.96. The third-order valence-corrected chi connectivity index (χ3v) is 8.40. The zero-order valence-electron chi connectivity index (χ0n) is 17.2. The van der Waals surface area contributed by atoms with Crippen LogP contribution in [0.1, 0.15) is 6.42 Å². The molecule has 3 N–H and O–H groups in total. The number of sulfonamides is 1. The smallest absolute Gasteiger partial charge is 0.243 e. The Bertz CT molecular complexity index is 1110. The summed E-state index contributed by atoms with van der Waals surface area (Å²) in [4.78, 5) is 14.5. The summed E-state index contributed by atoms with van der Waals surface area (Å²) in [7, 11) is -3.47. The summed E-state index contributed by atoms with van der Waals surface area (Å²) < 4.78 is 28.2. The van der Waals surface area contributed by atoms with Crippen LogP contribution in [0.3, 0.4) is 0 Å². The van der Waals surface area contributed by atoms with Crippen LogP contribution in [-0.2, 0) is 10.0 Å². The third-order valence-electron chi connectivity index (χ3n) is 4.85. The second-order valence-corrected chi connectivity index (χ2v) is 10.8. The number of thioether (sulfide) groups is 1. The molecule has 0 bridgehead atoms. The van der Waals surface area contributed by atoms with E-state index in [0.717, 1.165) is 39.8 Å². The molecule has 1 saturated heterocycles. The summed E-state index contributed by atoms with van der Waals surface area (Å²) in [6.07, 6.45) is 6.46. The first-order valence-corrected chi connectivity index (χ1v) is 13.5. The highest BCUT2D eigenvalue weighted by Crippen LogP contribution is 2.29. The predicted octanol–water partition coefficient (Wildman–Crippen LogP) is 2.32. The predicted molar refractivity (Wildman–Crippen MR) is 127 cm³/mol. The van der Waals surface area contributed by atoms with Crippen LogP contribution in [0, 0.1) is 0 Å². The standard InChI is InChI=1S/C19H25N7O2S3/c1-29-14-12-23-18(24-13-14)21-5-2-6-22-19-25-16-4-3-15(11-17(16)30-19)31(27,28)26-9-7-20-8-10-26/h3-4,11-13,20H,2,5-10H2,1H3,(H,22,25)(H,21,23,24). The Balaban J connectivity index is 1.31. The van der Waals surface area contributed by atoms with Gasteiger partial charge in [0.2, 0.25) is 16.0 Å². The first-order valence-electron chi connectivity index (χ1n) is 10.0. The van der Waals surface area contributed by atoms with Crippen molar-refractivity contribution in [3.8, 4) is 0 Å². The summed E-state index contributed by atoms with van der Waals surface area (Å²) >= 11 is 3.08. The molecule has 2 aromatic heterocycles. The van der Waals surface area contributed by atoms with Crippen molar-refractivity contribution >= 4 is 54.4 Å². The van der Waals surface area contributed by atoms with Gasteiger partial charge in [0.1, 0.15) is 0 Å². The largest absolute Gasteiger partial charge is 0.361 e. The van der Waals surface area contributed by atoms with E-state index in [1.54, 1.807) is 42.4 Å². The number of nitrogens with zero attached hydrogens (tertiary/aromatic N) is 4. The Hall–Kier alpha value is -1.99. The van der Waals surface area contributed by atoms with Crippen LogP contribution in [0.25, 0.3) is 10.2 Å². The normalized spacial score (nSPS) is 15.3. The van der Waals surface area contributed by atoms with Crippen LogP contribution < -0.4 is 16.0 Å². The van der Waals surface area contributed by atoms with Crippen molar-refractivity contribution in [1.29, 1.82) is 0 Å². The highest BCUT2D eigenvalue weighted by molar-refractivity contribution is 7.98. The molecular weight excluding hydrogens is 454 g/mol. The zero-order valence-corrected chi connectivity index (χ0v) is 19.6. The number of aromatic nitrogens is 3. The number of hydrogen-bond acceptors (Lipinski definition) is 10. The number of benzene rings is 1. The van der Waals surface area contributed by atoms with Gasteiger partial charge in [0, 0.05) is 56.6 Å². The van der Waals surface area contributed by atoms with Gasteiger partial charge in [0.15, 0.2) is 5.13 Å². The fourth-order valence-corrected chi connectivity index (χ4v) is 5.96. The molecule has 0 unspecified atom stereocenters. The van der Waals surface area contributed by atoms with Gasteiger partial charge in [-0.1, -0.05) is 11.3 Å². The summed E-state index contributed by atoms with van der Waals surface area (Å²) in [5, 5.41) is 10.5. The molecule has 0 radical (unpaired) electrons. The molecule has 0 spiro atoms. The molecule has 0 amide bonds. The summed E-state index contributed by atoms with van der Waals surface area (Å²) in [6, 6.07) is 5.16. The maximum absolute atomic E-state index is 12.9. The second kappa shape index (κ2) is 10.1. The van der Waals surface area contributed by atoms with Crippen LogP contribution in [0.15, 0.2) is 40.4 Å². The molecule has 0 aliphatic carbocycles. The molecule has 3 aromatic rings. The van der Waals surface area contributed by atoms with Crippen molar-refractivity contribution in [2.24, 2.45) is 0 Å². The minimum absolute atomic E-state index is 0.328. The van der Waals surface area contributed by atoms with Gasteiger partial charge in [0.25, 0.3) is 0 Å². The van der Waals surface area contributed by atoms with Crippen LogP contribution >= 0.6 is 23.1 Å². The van der Waals surface area contributed by atoms with Crippen molar-refractivity contribution in [2.45, 2.75) is 16.2 Å². The Labute approximate surface area is 190 Å². The van der Waals surface area contributed by atoms with E-state index in [0.29, 0.717) is 37.0 Å². The van der Waals surface area contributed by atoms with Gasteiger partial charge in [-0.25, -0.2) is 23.4 Å². The van der Waals surface area contributed by atoms with Gasteiger partial charge < -0.3 is 16.0 Å². The Morgan fingerprint density at radius 3 is 2.65 bits per heavy atom. The Morgan fingerprint density at radius 2 is 1.90 bits per heavy atom. The molecule has 1 fully saturated rings. The van der Waals surface area contributed by atoms with Crippen molar-refractivity contribution in [3.05, 3.63) is 30.6 Å². The van der Waals surface area contributed by atoms with Gasteiger partial charge in [0.05, 0.1) is 15.1 Å². The molecule has 4 rings (SSSR count). The lowest BCUT2D eigenvalue weighted by Crippen LogP contribution is -2.46. The van der Waals surface area contributed by atoms with Crippen LogP contribution in [0.2, 0.25) is 0 Å². The lowest BCUT2D eigenvalue weighted by Gasteiger charge is -2.26. The van der Waals surface area contributed by atoms with Gasteiger partial charge in [-0.15, -0.1) is 11.8 Å². The quantitative estimate of drug-likeness (QED) is 0.314. The van der Waals surface area contributed by atoms with E-state index < -0.39 is 10.0 Å². The fourth-order valence-electron chi connectivity index (χ4n) is 3.17. The van der Waals surface area contributed by atoms with Crippen LogP contribution in [0.4, 0.5) is 11.1 Å². The maximum Gasteiger partial charge on any atom is 0.243 e. The molecule has 0 atom stereocenters. The fraction of sp³-hybridized carbons (Fsp3) is 0.421. The highest BCUT2D eigenvalue weighted by Gasteiger charge is 2.26. The van der Waals surface area contributed by atoms with Crippen LogP contribution in [-0.4, -0.2) is 73.2 Å². The number of nitrogens with one attached hydrogen (secondary N) is 3. The summed E-state index contributed by atoms with van der Waals surface area (Å²) in [5.41, 5.74) is 0.798. The first-order chi connectivity index (χ1) is 15.1. The average molecular weight is 480 g/mol. The maximum atomic E-state index is 12.9. The lowest BCUT2D eigenvalue weighted by atomic mass is 10.3. The SMILES string of the molecule is CSc1cnc(NCCCNc2nc3ccc(S(=O)(=O)N4CCNCC4)cc3s2)nc1. The Morgan fingerprint density at radius 1 is 1.16 bits per heavy atom. The van der Waals surface area contributed by atoms with Crippen molar-refractivity contribution < 1.29 is 8.42 Å². The molecule has 3 heterocycles. The monoisotopic (exact) mass is 479 g/mol. The van der Waals surface area contributed by atoms with Crippen molar-refractivity contribution in [1.82, 2.24) is 24.6 Å². The van der Waals surface area contributed by atoms with E-state index in [2.05, 4.69) is 30.9 Å². The van der Waals surface area contributed by atoms with Gasteiger partial charge in [-0.3, -0.25) is 0 Å². The number of anilines is 2. The first kappa shape index (κ1) is 22.2. The van der Waals surface area contributed by atoms with Gasteiger partial charge >= 0.3 is 0 Å². The molecule has 1 aromatic carbocycles. The zero-order chi connectivity index (χ0) is 21.7. The lowest BCUT2D eigenvalue weighted by molar-refractivity contribution is 0.360. The minimum atomic E-state index is -3.47. The number of rotatable bonds is 9. The molecule has 9 nitrogen and oxygen atoms in total. The Kier molecular flexibility index (Phi) is 7.23. The molecular formula is C19H25N7O2S3. The van der Waals surface area contributed by atoms with Crippen molar-refractivity contribution in [3.63, 3.8) is 0 Å².